The minimum Gasteiger partial charge on any atom is -0.503 e. The van der Waals surface area contributed by atoms with Crippen LogP contribution in [0.25, 0.3) is 0 Å². The Morgan fingerprint density at radius 2 is 1.72 bits per heavy atom. The number of aliphatic hydroxyl groups is 1. The highest BCUT2D eigenvalue weighted by Gasteiger charge is 2.52. The Hall–Kier alpha value is -5.56. The average molecular weight is 831 g/mol. The van der Waals surface area contributed by atoms with Gasteiger partial charge in [-0.2, -0.15) is 0 Å². The van der Waals surface area contributed by atoms with Gasteiger partial charge in [0.15, 0.2) is 17.3 Å². The van der Waals surface area contributed by atoms with Gasteiger partial charge in [-0.25, -0.2) is 9.59 Å². The second-order valence-corrected chi connectivity index (χ2v) is 15.1. The lowest BCUT2D eigenvalue weighted by Gasteiger charge is -2.44. The Labute approximate surface area is 340 Å². The maximum atomic E-state index is 15.1. The Morgan fingerprint density at radius 3 is 2.26 bits per heavy atom. The second-order valence-electron chi connectivity index (χ2n) is 14.7. The Balaban J connectivity index is 2.13. The number of phenols is 1. The summed E-state index contributed by atoms with van der Waals surface area (Å²) in [7, 11) is 1.42. The van der Waals surface area contributed by atoms with Gasteiger partial charge in [0.25, 0.3) is 5.91 Å². The van der Waals surface area contributed by atoms with Gasteiger partial charge >= 0.3 is 11.9 Å². The first-order valence-corrected chi connectivity index (χ1v) is 18.6. The summed E-state index contributed by atoms with van der Waals surface area (Å²) in [5.74, 6) is -8.45. The quantitative estimate of drug-likeness (QED) is 0.100. The van der Waals surface area contributed by atoms with Crippen LogP contribution in [0.15, 0.2) is 59.5 Å². The number of nitrogens with zero attached hydrogens (tertiary/aromatic N) is 1. The minimum absolute atomic E-state index is 0.0171. The Bertz CT molecular complexity index is 1980. The van der Waals surface area contributed by atoms with Crippen molar-refractivity contribution < 1.29 is 58.7 Å². The molecule has 6 atom stereocenters. The largest absolute Gasteiger partial charge is 0.503 e. The number of hydrogen-bond donors (Lipinski definition) is 9. The van der Waals surface area contributed by atoms with Crippen molar-refractivity contribution in [3.63, 3.8) is 0 Å². The summed E-state index contributed by atoms with van der Waals surface area (Å²) in [5.41, 5.74) is -4.06. The molecule has 4 amide bonds. The van der Waals surface area contributed by atoms with E-state index in [0.717, 1.165) is 0 Å². The molecule has 19 heteroatoms. The van der Waals surface area contributed by atoms with E-state index in [1.54, 1.807) is 19.9 Å². The Morgan fingerprint density at radius 1 is 1.09 bits per heavy atom. The number of allylic oxidation sites excluding steroid dienone is 1. The topological polar surface area (TPSA) is 273 Å². The number of aliphatic hydroxyl groups excluding tert-OH is 1. The van der Waals surface area contributed by atoms with E-state index in [0.29, 0.717) is 5.57 Å². The molecule has 2 heterocycles. The van der Waals surface area contributed by atoms with Crippen LogP contribution in [0.4, 0.5) is 0 Å². The van der Waals surface area contributed by atoms with Crippen LogP contribution in [0.5, 0.6) is 11.5 Å². The van der Waals surface area contributed by atoms with Crippen molar-refractivity contribution in [2.24, 2.45) is 0 Å². The van der Waals surface area contributed by atoms with Gasteiger partial charge < -0.3 is 51.7 Å². The van der Waals surface area contributed by atoms with Crippen LogP contribution >= 0.6 is 11.6 Å². The van der Waals surface area contributed by atoms with Gasteiger partial charge in [-0.15, -0.1) is 0 Å². The molecule has 0 aromatic heterocycles. The van der Waals surface area contributed by atoms with Gasteiger partial charge in [0.2, 0.25) is 17.7 Å². The molecule has 0 radical (unpaired) electrons. The number of rotatable bonds is 13. The number of halogens is 1. The predicted molar refractivity (Wildman–Crippen MR) is 210 cm³/mol. The first-order chi connectivity index (χ1) is 26.9. The molecule has 9 N–H and O–H groups in total. The minimum atomic E-state index is -1.74. The first-order valence-electron chi connectivity index (χ1n) is 18.3. The number of ketones is 1. The number of aliphatic carboxylic acids is 2. The van der Waals surface area contributed by atoms with Crippen LogP contribution in [-0.2, 0) is 33.6 Å². The van der Waals surface area contributed by atoms with Gasteiger partial charge in [-0.1, -0.05) is 44.2 Å². The van der Waals surface area contributed by atoms with Crippen molar-refractivity contribution in [3.05, 3.63) is 70.1 Å². The van der Waals surface area contributed by atoms with Crippen molar-refractivity contribution in [1.29, 1.82) is 0 Å². The number of carbonyl (C=O) groups excluding carboxylic acids is 5. The monoisotopic (exact) mass is 830 g/mol. The van der Waals surface area contributed by atoms with Crippen molar-refractivity contribution in [1.82, 2.24) is 31.5 Å². The summed E-state index contributed by atoms with van der Waals surface area (Å²) in [5, 5.41) is 53.1. The summed E-state index contributed by atoms with van der Waals surface area (Å²) in [6.45, 7) is 14.7. The standard InChI is InChI=1S/C39H51ClN6O12/c1-10-19(5)27(35(54)42-22(37(56)57)17-25(47)48)44-33(52)23-13-12-14-46(23)38(6,7)32(51)31-39(8,11-2)58-24-16-20(15-21(40)30(24)50)29(49)28(41-9)36(55)43-26(18(3)4)34(53)45-31/h12-13,15-17,23,26,28-29,31,41,49-50H,3,10-11,14H2,1-2,4-9H3,(H,42,54)(H,43,55)(H,44,52)(H,45,53)(H,47,48)(H,56,57)/b22-17+,27-19+/t23-,26-,28-,29-,31+,39+/m0/s1. The van der Waals surface area contributed by atoms with Crippen molar-refractivity contribution in [2.45, 2.75) is 103 Å². The molecule has 2 aliphatic heterocycles. The zero-order valence-electron chi connectivity index (χ0n) is 33.5. The van der Waals surface area contributed by atoms with Gasteiger partial charge in [0.05, 0.1) is 16.6 Å². The van der Waals surface area contributed by atoms with Crippen LogP contribution in [0.3, 0.4) is 0 Å². The summed E-state index contributed by atoms with van der Waals surface area (Å²) >= 11 is 6.38. The molecule has 3 rings (SSSR count). The number of likely N-dealkylation sites (N-methyl/N-ethyl adjacent to an activating group) is 1. The molecule has 316 valence electrons. The summed E-state index contributed by atoms with van der Waals surface area (Å²) < 4.78 is 6.38. The number of fused-ring (bicyclic) bond motifs is 2. The molecule has 1 aromatic carbocycles. The molecule has 0 fully saturated rings. The lowest BCUT2D eigenvalue weighted by atomic mass is 9.80. The lowest BCUT2D eigenvalue weighted by Crippen LogP contribution is -2.68. The van der Waals surface area contributed by atoms with Crippen LogP contribution in [0.1, 0.15) is 73.0 Å². The number of ether oxygens (including phenoxy) is 1. The van der Waals surface area contributed by atoms with Gasteiger partial charge in [0, 0.05) is 6.54 Å². The van der Waals surface area contributed by atoms with Crippen LogP contribution < -0.4 is 31.3 Å². The van der Waals surface area contributed by atoms with Gasteiger partial charge in [0.1, 0.15) is 47.3 Å². The first kappa shape index (κ1) is 46.8. The number of carboxylic acids is 2. The van der Waals surface area contributed by atoms with E-state index < -0.39 is 94.2 Å². The number of hydrogen-bond acceptors (Lipinski definition) is 12. The number of aromatic hydroxyl groups is 1. The number of amides is 4. The zero-order valence-corrected chi connectivity index (χ0v) is 34.2. The Kier molecular flexibility index (Phi) is 15.2. The van der Waals surface area contributed by atoms with Crippen LogP contribution in [-0.4, -0.2) is 116 Å². The molecule has 58 heavy (non-hydrogen) atoms. The molecule has 18 nitrogen and oxygen atoms in total. The van der Waals surface area contributed by atoms with E-state index in [2.05, 4.69) is 27.8 Å². The SMILES string of the molecule is C=C(C)[C@@H]1NC(=O)[C@@H](NC)[C@@H](O)c2cc(Cl)c(O)c(c2)O[C@](C)(CC)[C@@H](C(=O)C(C)(C)N2CC=C[C@H]2C(=O)N/C(C(=O)N/C(=C/C(=O)O)C(=O)O)=C(\C)CC)NC1=O. The van der Waals surface area contributed by atoms with Gasteiger partial charge in [-0.05, 0) is 83.4 Å². The van der Waals surface area contributed by atoms with Crippen molar-refractivity contribution >= 4 is 53.0 Å². The van der Waals surface area contributed by atoms with E-state index in [1.807, 2.05) is 5.32 Å². The molecular weight excluding hydrogens is 780 g/mol. The number of Topliss-reactive ketones (excluding diaryl/α,β-unsaturated/α-hetero) is 1. The summed E-state index contributed by atoms with van der Waals surface area (Å²) in [4.78, 5) is 94.3. The van der Waals surface area contributed by atoms with E-state index >= 15 is 4.79 Å². The van der Waals surface area contributed by atoms with Crippen LogP contribution in [0, 0.1) is 0 Å². The number of nitrogens with one attached hydrogen (secondary N) is 5. The second kappa shape index (κ2) is 18.8. The highest BCUT2D eigenvalue weighted by molar-refractivity contribution is 6.32. The molecule has 2 aliphatic rings. The molecule has 0 spiro atoms. The van der Waals surface area contributed by atoms with Crippen molar-refractivity contribution in [3.8, 4) is 11.5 Å². The normalized spacial score (nSPS) is 24.7. The fourth-order valence-corrected chi connectivity index (χ4v) is 6.65. The van der Waals surface area contributed by atoms with E-state index in [1.165, 1.54) is 64.8 Å². The maximum Gasteiger partial charge on any atom is 0.352 e. The molecule has 0 saturated heterocycles. The predicted octanol–water partition coefficient (Wildman–Crippen LogP) is 1.33. The van der Waals surface area contributed by atoms with E-state index in [4.69, 9.17) is 21.4 Å². The van der Waals surface area contributed by atoms with Crippen molar-refractivity contribution in [2.75, 3.05) is 13.6 Å². The summed E-state index contributed by atoms with van der Waals surface area (Å²) in [6, 6.07) is -3.02. The fourth-order valence-electron chi connectivity index (χ4n) is 6.43. The number of benzene rings is 1. The maximum absolute atomic E-state index is 15.1. The third-order valence-electron chi connectivity index (χ3n) is 10.3. The third-order valence-corrected chi connectivity index (χ3v) is 10.6. The highest BCUT2D eigenvalue weighted by atomic mass is 35.5. The molecule has 0 unspecified atom stereocenters. The van der Waals surface area contributed by atoms with E-state index in [-0.39, 0.29) is 53.1 Å². The number of phenolic OH excluding ortho intramolecular Hbond substituents is 1. The fraction of sp³-hybridized carbons (Fsp3) is 0.462. The lowest BCUT2D eigenvalue weighted by molar-refractivity contribution is -0.143. The molecule has 2 bridgehead atoms. The smallest absolute Gasteiger partial charge is 0.352 e. The van der Waals surface area contributed by atoms with Gasteiger partial charge in [-0.3, -0.25) is 28.9 Å². The number of carbonyl (C=O) groups is 7. The molecular formula is C39H51ClN6O12. The van der Waals surface area contributed by atoms with Crippen LogP contribution in [0.2, 0.25) is 5.02 Å². The molecule has 1 aromatic rings. The highest BCUT2D eigenvalue weighted by Crippen LogP contribution is 2.41. The summed E-state index contributed by atoms with van der Waals surface area (Å²) in [6.07, 6.45) is 2.06. The molecule has 0 aliphatic carbocycles. The third kappa shape index (κ3) is 10.1. The molecule has 0 saturated carbocycles. The average Bonchev–Trinajstić information content (AvgIpc) is 3.66. The zero-order chi connectivity index (χ0) is 44.0. The number of carboxylic acid groups (broad SMARTS) is 2. The van der Waals surface area contributed by atoms with E-state index in [9.17, 15) is 44.1 Å².